The van der Waals surface area contributed by atoms with Crippen LogP contribution in [0.15, 0.2) is 60.5 Å². The van der Waals surface area contributed by atoms with Gasteiger partial charge in [0.2, 0.25) is 0 Å². The molecule has 1 nitrogen and oxygen atoms in total. The molecule has 0 fully saturated rings. The fraction of sp³-hybridized carbons (Fsp3) is 0.346. The molecule has 0 aliphatic carbocycles. The molecule has 0 aliphatic rings. The minimum atomic E-state index is -2.84. The van der Waals surface area contributed by atoms with Crippen molar-refractivity contribution in [1.82, 2.24) is 4.90 Å². The van der Waals surface area contributed by atoms with Gasteiger partial charge in [0.15, 0.2) is 0 Å². The molecule has 0 spiro atoms. The Kier molecular flexibility index (Phi) is 8.33. The quantitative estimate of drug-likeness (QED) is 0.264. The van der Waals surface area contributed by atoms with E-state index in [0.717, 1.165) is 40.0 Å². The Hall–Kier alpha value is -1.87. The standard InChI is InChI=1S/C22H22F2S.C4H10NP/c1-5-10-21(2,3)18-13-16-9-11-25-20(16)19(14-18)15-7-6-8-17(12-15)22(4,23)24;1-4(6)5(2)3/h5-9,11-14H,1,10H2,2-4H3;6H,1-3H3. The van der Waals surface area contributed by atoms with E-state index in [1.807, 2.05) is 38.1 Å². The Bertz CT molecular complexity index is 1060. The average Bonchev–Trinajstić information content (AvgIpc) is 3.16. The largest absolute Gasteiger partial charge is 0.281 e. The van der Waals surface area contributed by atoms with Crippen molar-refractivity contribution in [2.45, 2.75) is 45.5 Å². The molecule has 3 aromatic rings. The number of alkyl halides is 2. The van der Waals surface area contributed by atoms with Crippen molar-refractivity contribution in [2.75, 3.05) is 14.1 Å². The lowest BCUT2D eigenvalue weighted by molar-refractivity contribution is 0.0175. The third-order valence-corrected chi connectivity index (χ3v) is 6.75. The van der Waals surface area contributed by atoms with Crippen molar-refractivity contribution in [2.24, 2.45) is 0 Å². The van der Waals surface area contributed by atoms with E-state index in [1.165, 1.54) is 11.6 Å². The molecule has 166 valence electrons. The lowest BCUT2D eigenvalue weighted by Crippen LogP contribution is -2.15. The van der Waals surface area contributed by atoms with Gasteiger partial charge in [-0.1, -0.05) is 38.1 Å². The number of halogens is 2. The molecule has 1 heterocycles. The first-order valence-corrected chi connectivity index (χ1v) is 11.6. The predicted octanol–water partition coefficient (Wildman–Crippen LogP) is 8.37. The van der Waals surface area contributed by atoms with Crippen molar-refractivity contribution in [3.05, 3.63) is 71.6 Å². The molecule has 0 bridgehead atoms. The number of thiophene rings is 1. The molecule has 0 atom stereocenters. The smallest absolute Gasteiger partial charge is 0.270 e. The van der Waals surface area contributed by atoms with Crippen LogP contribution in [0.3, 0.4) is 0 Å². The van der Waals surface area contributed by atoms with E-state index in [-0.39, 0.29) is 11.0 Å². The van der Waals surface area contributed by atoms with Gasteiger partial charge >= 0.3 is 0 Å². The number of hydrogen-bond acceptors (Lipinski definition) is 1. The van der Waals surface area contributed by atoms with Crippen LogP contribution in [0.5, 0.6) is 0 Å². The van der Waals surface area contributed by atoms with E-state index in [9.17, 15) is 8.78 Å². The molecule has 0 aliphatic heterocycles. The summed E-state index contributed by atoms with van der Waals surface area (Å²) in [7, 11) is 7.30. The lowest BCUT2D eigenvalue weighted by Gasteiger charge is -2.25. The van der Waals surface area contributed by atoms with Gasteiger partial charge in [0.1, 0.15) is 0 Å². The summed E-state index contributed by atoms with van der Waals surface area (Å²) in [5.74, 6) is -2.84. The van der Waals surface area contributed by atoms with E-state index in [1.54, 1.807) is 23.5 Å². The zero-order valence-electron chi connectivity index (χ0n) is 19.2. The summed E-state index contributed by atoms with van der Waals surface area (Å²) in [6.45, 7) is 11.2. The van der Waals surface area contributed by atoms with E-state index in [0.29, 0.717) is 0 Å². The van der Waals surface area contributed by atoms with Crippen LogP contribution in [0.2, 0.25) is 0 Å². The van der Waals surface area contributed by atoms with Gasteiger partial charge in [-0.05, 0) is 84.6 Å². The van der Waals surface area contributed by atoms with Crippen molar-refractivity contribution < 1.29 is 8.78 Å². The van der Waals surface area contributed by atoms with Crippen LogP contribution in [0, 0.1) is 0 Å². The second-order valence-corrected chi connectivity index (χ2v) is 10.3. The summed E-state index contributed by atoms with van der Waals surface area (Å²) in [6, 6.07) is 13.2. The zero-order chi connectivity index (χ0) is 23.4. The van der Waals surface area contributed by atoms with Gasteiger partial charge in [0, 0.05) is 22.6 Å². The molecular formula is C26H32F2NPS. The number of rotatable bonds is 6. The van der Waals surface area contributed by atoms with Crippen LogP contribution in [0.4, 0.5) is 8.78 Å². The van der Waals surface area contributed by atoms with Crippen LogP contribution >= 0.6 is 20.2 Å². The Morgan fingerprint density at radius 1 is 1.10 bits per heavy atom. The van der Waals surface area contributed by atoms with Gasteiger partial charge in [-0.25, -0.2) is 8.78 Å². The van der Waals surface area contributed by atoms with Crippen LogP contribution in [-0.2, 0) is 11.3 Å². The van der Waals surface area contributed by atoms with Crippen LogP contribution in [0.1, 0.15) is 45.2 Å². The van der Waals surface area contributed by atoms with E-state index in [2.05, 4.69) is 52.9 Å². The molecule has 0 unspecified atom stereocenters. The average molecular weight is 460 g/mol. The van der Waals surface area contributed by atoms with Gasteiger partial charge in [-0.15, -0.1) is 26.8 Å². The fourth-order valence-electron chi connectivity index (χ4n) is 3.13. The minimum absolute atomic E-state index is 0.0467. The van der Waals surface area contributed by atoms with Gasteiger partial charge < -0.3 is 0 Å². The van der Waals surface area contributed by atoms with Gasteiger partial charge in [-0.2, -0.15) is 0 Å². The monoisotopic (exact) mass is 459 g/mol. The molecule has 0 radical (unpaired) electrons. The third kappa shape index (κ3) is 6.55. The molecule has 3 rings (SSSR count). The van der Waals surface area contributed by atoms with Crippen molar-refractivity contribution >= 4 is 35.7 Å². The molecule has 1 aromatic heterocycles. The topological polar surface area (TPSA) is 3.24 Å². The highest BCUT2D eigenvalue weighted by Crippen LogP contribution is 2.40. The maximum Gasteiger partial charge on any atom is 0.270 e. The normalized spacial score (nSPS) is 11.9. The van der Waals surface area contributed by atoms with Gasteiger partial charge in [0.25, 0.3) is 5.92 Å². The SMILES string of the molecule is C=CCC(C)(C)c1cc(-c2cccc(C(C)(F)F)c2)c2sccc2c1.CC(=P)N(C)C. The van der Waals surface area contributed by atoms with E-state index in [4.69, 9.17) is 0 Å². The first-order valence-electron chi connectivity index (χ1n) is 10.2. The lowest BCUT2D eigenvalue weighted by atomic mass is 9.80. The maximum atomic E-state index is 13.8. The summed E-state index contributed by atoms with van der Waals surface area (Å²) in [5.41, 5.74) is 4.19. The van der Waals surface area contributed by atoms with Crippen LogP contribution < -0.4 is 0 Å². The molecule has 0 saturated carbocycles. The number of fused-ring (bicyclic) bond motifs is 1. The predicted molar refractivity (Wildman–Crippen MR) is 137 cm³/mol. The Morgan fingerprint density at radius 3 is 2.29 bits per heavy atom. The Morgan fingerprint density at radius 2 is 1.74 bits per heavy atom. The zero-order valence-corrected chi connectivity index (χ0v) is 21.0. The molecule has 0 amide bonds. The first-order chi connectivity index (χ1) is 14.4. The first kappa shape index (κ1) is 25.4. The summed E-state index contributed by atoms with van der Waals surface area (Å²) in [4.78, 5) is 2.00. The summed E-state index contributed by atoms with van der Waals surface area (Å²) in [5, 5.41) is 3.21. The highest BCUT2D eigenvalue weighted by atomic mass is 32.1. The summed E-state index contributed by atoms with van der Waals surface area (Å²) < 4.78 is 28.7. The number of nitrogens with zero attached hydrogens (tertiary/aromatic N) is 1. The van der Waals surface area contributed by atoms with E-state index < -0.39 is 5.92 Å². The van der Waals surface area contributed by atoms with Crippen molar-refractivity contribution in [3.63, 3.8) is 0 Å². The second-order valence-electron chi connectivity index (χ2n) is 8.69. The maximum absolute atomic E-state index is 13.8. The number of hydrogen-bond donors (Lipinski definition) is 0. The minimum Gasteiger partial charge on any atom is -0.281 e. The van der Waals surface area contributed by atoms with Gasteiger partial charge in [-0.3, -0.25) is 4.90 Å². The Labute approximate surface area is 191 Å². The van der Waals surface area contributed by atoms with Gasteiger partial charge in [0.05, 0.1) is 0 Å². The van der Waals surface area contributed by atoms with Crippen LogP contribution in [-0.4, -0.2) is 24.4 Å². The van der Waals surface area contributed by atoms with Crippen LogP contribution in [0.25, 0.3) is 21.2 Å². The molecule has 0 N–H and O–H groups in total. The number of allylic oxidation sites excluding steroid dienone is 1. The van der Waals surface area contributed by atoms with E-state index >= 15 is 0 Å². The number of benzene rings is 2. The fourth-order valence-corrected chi connectivity index (χ4v) is 4.04. The summed E-state index contributed by atoms with van der Waals surface area (Å²) >= 11 is 1.65. The molecule has 5 heteroatoms. The third-order valence-electron chi connectivity index (χ3n) is 5.34. The molecular weight excluding hydrogens is 427 g/mol. The molecule has 31 heavy (non-hydrogen) atoms. The molecule has 0 saturated heterocycles. The Balaban J connectivity index is 0.000000501. The molecule has 2 aromatic carbocycles. The summed E-state index contributed by atoms with van der Waals surface area (Å²) in [6.07, 6.45) is 2.78. The van der Waals surface area contributed by atoms with Crippen molar-refractivity contribution in [3.8, 4) is 11.1 Å². The highest BCUT2D eigenvalue weighted by Gasteiger charge is 2.25. The second kappa shape index (κ2) is 10.2. The highest BCUT2D eigenvalue weighted by molar-refractivity contribution is 7.20. The van der Waals surface area contributed by atoms with Crippen molar-refractivity contribution in [1.29, 1.82) is 0 Å².